The van der Waals surface area contributed by atoms with E-state index >= 15 is 0 Å². The van der Waals surface area contributed by atoms with Gasteiger partial charge in [0.15, 0.2) is 0 Å². The Morgan fingerprint density at radius 2 is 2.15 bits per heavy atom. The molecule has 0 aliphatic carbocycles. The lowest BCUT2D eigenvalue weighted by Gasteiger charge is -2.14. The third kappa shape index (κ3) is 3.66. The van der Waals surface area contributed by atoms with Crippen molar-refractivity contribution >= 4 is 55.5 Å². The minimum absolute atomic E-state index is 0.0168. The number of benzene rings is 2. The molecule has 1 heterocycles. The number of aromatic nitrogens is 1. The molecule has 0 aliphatic heterocycles. The van der Waals surface area contributed by atoms with Crippen molar-refractivity contribution < 1.29 is 9.13 Å². The second-order valence-corrected chi connectivity index (χ2v) is 6.56. The van der Waals surface area contributed by atoms with Crippen molar-refractivity contribution in [3.05, 3.63) is 52.9 Å². The summed E-state index contributed by atoms with van der Waals surface area (Å²) in [7, 11) is 0. The fourth-order valence-corrected chi connectivity index (χ4v) is 2.79. The topological polar surface area (TPSA) is 84.0 Å². The number of nitrogens with zero attached hydrogens (tertiary/aromatic N) is 2. The molecule has 3 rings (SSSR count). The number of anilines is 3. The highest BCUT2D eigenvalue weighted by Crippen LogP contribution is 2.35. The van der Waals surface area contributed by atoms with Gasteiger partial charge in [-0.3, -0.25) is 4.98 Å². The predicted octanol–water partition coefficient (Wildman–Crippen LogP) is 5.00. The Hall–Kier alpha value is -2.56. The molecule has 26 heavy (non-hydrogen) atoms. The van der Waals surface area contributed by atoms with Gasteiger partial charge in [0.1, 0.15) is 17.6 Å². The molecule has 0 bridgehead atoms. The molecular formula is C18H13BrClFN4O. The minimum Gasteiger partial charge on any atom is -0.490 e. The first-order valence-corrected chi connectivity index (χ1v) is 9.06. The zero-order valence-corrected chi connectivity index (χ0v) is 15.7. The van der Waals surface area contributed by atoms with Crippen LogP contribution in [0.15, 0.2) is 36.5 Å². The third-order valence-electron chi connectivity index (χ3n) is 3.64. The van der Waals surface area contributed by atoms with E-state index < -0.39 is 5.82 Å². The minimum atomic E-state index is -0.518. The molecule has 3 aromatic rings. The number of alkyl halides is 1. The summed E-state index contributed by atoms with van der Waals surface area (Å²) in [5.74, 6) is 0.0000653. The van der Waals surface area contributed by atoms with Gasteiger partial charge >= 0.3 is 0 Å². The zero-order valence-electron chi connectivity index (χ0n) is 13.4. The Labute approximate surface area is 162 Å². The molecule has 0 radical (unpaired) electrons. The highest BCUT2D eigenvalue weighted by Gasteiger charge is 2.13. The first-order chi connectivity index (χ1) is 12.5. The summed E-state index contributed by atoms with van der Waals surface area (Å²) in [6.45, 7) is 0.463. The second-order valence-electron chi connectivity index (χ2n) is 5.36. The van der Waals surface area contributed by atoms with E-state index in [1.54, 1.807) is 12.1 Å². The van der Waals surface area contributed by atoms with Gasteiger partial charge < -0.3 is 15.8 Å². The van der Waals surface area contributed by atoms with Gasteiger partial charge in [-0.15, -0.1) is 0 Å². The molecule has 0 spiro atoms. The number of pyridine rings is 1. The molecule has 0 saturated carbocycles. The number of hydrogen-bond acceptors (Lipinski definition) is 5. The van der Waals surface area contributed by atoms with Gasteiger partial charge in [0.05, 0.1) is 34.1 Å². The molecule has 0 saturated heterocycles. The Bertz CT molecular complexity index is 1020. The average molecular weight is 436 g/mol. The standard InChI is InChI=1S/C18H13BrClFN4O/c19-3-4-26-17-7-16-12(6-15(17)23)18(10(8-22)9-24-16)25-11-1-2-14(21)13(20)5-11/h1-2,5-7,9H,3-4,23H2,(H,24,25). The number of hydrogen-bond donors (Lipinski definition) is 2. The van der Waals surface area contributed by atoms with E-state index in [1.807, 2.05) is 0 Å². The van der Waals surface area contributed by atoms with Gasteiger partial charge in [-0.05, 0) is 24.3 Å². The Morgan fingerprint density at radius 3 is 2.85 bits per heavy atom. The largest absolute Gasteiger partial charge is 0.490 e. The van der Waals surface area contributed by atoms with E-state index in [0.717, 1.165) is 0 Å². The average Bonchev–Trinajstić information content (AvgIpc) is 2.63. The van der Waals surface area contributed by atoms with Gasteiger partial charge in [0.2, 0.25) is 0 Å². The highest BCUT2D eigenvalue weighted by molar-refractivity contribution is 9.09. The summed E-state index contributed by atoms with van der Waals surface area (Å²) < 4.78 is 19.0. The summed E-state index contributed by atoms with van der Waals surface area (Å²) >= 11 is 9.13. The van der Waals surface area contributed by atoms with E-state index in [1.165, 1.54) is 24.4 Å². The first kappa shape index (κ1) is 18.2. The molecule has 8 heteroatoms. The smallest absolute Gasteiger partial charge is 0.144 e. The number of nitrogens with two attached hydrogens (primary N) is 1. The van der Waals surface area contributed by atoms with Crippen molar-refractivity contribution in [2.45, 2.75) is 0 Å². The van der Waals surface area contributed by atoms with Crippen molar-refractivity contribution in [3.8, 4) is 11.8 Å². The van der Waals surface area contributed by atoms with Crippen molar-refractivity contribution in [1.82, 2.24) is 4.98 Å². The monoisotopic (exact) mass is 434 g/mol. The third-order valence-corrected chi connectivity index (χ3v) is 4.26. The van der Waals surface area contributed by atoms with Gasteiger partial charge in [-0.25, -0.2) is 4.39 Å². The van der Waals surface area contributed by atoms with Crippen LogP contribution in [-0.4, -0.2) is 16.9 Å². The summed E-state index contributed by atoms with van der Waals surface area (Å²) in [6.07, 6.45) is 1.46. The number of fused-ring (bicyclic) bond motifs is 1. The van der Waals surface area contributed by atoms with Crippen LogP contribution in [0, 0.1) is 17.1 Å². The number of nitriles is 1. The lowest BCUT2D eigenvalue weighted by atomic mass is 10.1. The number of nitrogen functional groups attached to an aromatic ring is 1. The molecular weight excluding hydrogens is 423 g/mol. The van der Waals surface area contributed by atoms with Crippen molar-refractivity contribution in [2.24, 2.45) is 0 Å². The summed E-state index contributed by atoms with van der Waals surface area (Å²) in [4.78, 5) is 4.30. The molecule has 3 N–H and O–H groups in total. The van der Waals surface area contributed by atoms with Crippen LogP contribution in [0.3, 0.4) is 0 Å². The SMILES string of the molecule is N#Cc1cnc2cc(OCCBr)c(N)cc2c1Nc1ccc(F)c(Cl)c1. The van der Waals surface area contributed by atoms with Crippen LogP contribution in [0.1, 0.15) is 5.56 Å². The van der Waals surface area contributed by atoms with E-state index in [2.05, 4.69) is 32.3 Å². The molecule has 0 aliphatic rings. The van der Waals surface area contributed by atoms with E-state index in [0.29, 0.717) is 51.2 Å². The molecule has 1 aromatic heterocycles. The second kappa shape index (κ2) is 7.77. The van der Waals surface area contributed by atoms with Crippen LogP contribution < -0.4 is 15.8 Å². The van der Waals surface area contributed by atoms with E-state index in [4.69, 9.17) is 22.1 Å². The Kier molecular flexibility index (Phi) is 5.45. The van der Waals surface area contributed by atoms with Gasteiger partial charge in [-0.1, -0.05) is 27.5 Å². The fourth-order valence-electron chi connectivity index (χ4n) is 2.45. The molecule has 2 aromatic carbocycles. The summed E-state index contributed by atoms with van der Waals surface area (Å²) in [5, 5.41) is 13.8. The van der Waals surface area contributed by atoms with Gasteiger partial charge in [0, 0.05) is 28.7 Å². The van der Waals surface area contributed by atoms with Crippen molar-refractivity contribution in [1.29, 1.82) is 5.26 Å². The summed E-state index contributed by atoms with van der Waals surface area (Å²) in [5.41, 5.74) is 8.49. The number of halogens is 3. The van der Waals surface area contributed by atoms with E-state index in [9.17, 15) is 9.65 Å². The van der Waals surface area contributed by atoms with Crippen LogP contribution >= 0.6 is 27.5 Å². The van der Waals surface area contributed by atoms with Crippen LogP contribution in [0.2, 0.25) is 5.02 Å². The molecule has 0 amide bonds. The van der Waals surface area contributed by atoms with E-state index in [-0.39, 0.29) is 5.02 Å². The molecule has 132 valence electrons. The first-order valence-electron chi connectivity index (χ1n) is 7.56. The molecule has 0 unspecified atom stereocenters. The predicted molar refractivity (Wildman–Crippen MR) is 105 cm³/mol. The maximum Gasteiger partial charge on any atom is 0.144 e. The Balaban J connectivity index is 2.11. The maximum absolute atomic E-state index is 13.4. The van der Waals surface area contributed by atoms with Crippen LogP contribution in [0.5, 0.6) is 5.75 Å². The summed E-state index contributed by atoms with van der Waals surface area (Å²) in [6, 6.07) is 9.74. The number of ether oxygens (including phenoxy) is 1. The van der Waals surface area contributed by atoms with Gasteiger partial charge in [0.25, 0.3) is 0 Å². The molecule has 5 nitrogen and oxygen atoms in total. The Morgan fingerprint density at radius 1 is 1.35 bits per heavy atom. The number of nitrogens with one attached hydrogen (secondary N) is 1. The van der Waals surface area contributed by atoms with Crippen LogP contribution in [-0.2, 0) is 0 Å². The maximum atomic E-state index is 13.4. The van der Waals surface area contributed by atoms with Gasteiger partial charge in [-0.2, -0.15) is 5.26 Å². The van der Waals surface area contributed by atoms with Crippen LogP contribution in [0.25, 0.3) is 10.9 Å². The fraction of sp³-hybridized carbons (Fsp3) is 0.111. The van der Waals surface area contributed by atoms with Crippen molar-refractivity contribution in [3.63, 3.8) is 0 Å². The normalized spacial score (nSPS) is 10.5. The molecule has 0 fully saturated rings. The van der Waals surface area contributed by atoms with Crippen molar-refractivity contribution in [2.75, 3.05) is 23.0 Å². The number of rotatable bonds is 5. The zero-order chi connectivity index (χ0) is 18.7. The quantitative estimate of drug-likeness (QED) is 0.435. The highest BCUT2D eigenvalue weighted by atomic mass is 79.9. The molecule has 0 atom stereocenters. The lowest BCUT2D eigenvalue weighted by Crippen LogP contribution is -2.02. The van der Waals surface area contributed by atoms with Crippen LogP contribution in [0.4, 0.5) is 21.5 Å². The lowest BCUT2D eigenvalue weighted by molar-refractivity contribution is 0.347.